The van der Waals surface area contributed by atoms with E-state index in [-0.39, 0.29) is 17.5 Å². The third-order valence-corrected chi connectivity index (χ3v) is 10.6. The number of aliphatic hydroxyl groups is 1. The maximum atomic E-state index is 13.3. The maximum Gasteiger partial charge on any atom is 0.262 e. The highest BCUT2D eigenvalue weighted by molar-refractivity contribution is 6.39. The van der Waals surface area contributed by atoms with Crippen molar-refractivity contribution in [3.63, 3.8) is 0 Å². The van der Waals surface area contributed by atoms with E-state index in [0.717, 1.165) is 52.6 Å². The molecule has 0 radical (unpaired) electrons. The average molecular weight is 728 g/mol. The van der Waals surface area contributed by atoms with Gasteiger partial charge in [-0.2, -0.15) is 0 Å². The van der Waals surface area contributed by atoms with Crippen LogP contribution in [0.4, 0.5) is 0 Å². The van der Waals surface area contributed by atoms with Crippen LogP contribution in [0, 0.1) is 5.92 Å². The summed E-state index contributed by atoms with van der Waals surface area (Å²) in [4.78, 5) is 34.2. The van der Waals surface area contributed by atoms with E-state index >= 15 is 0 Å². The molecule has 7 rings (SSSR count). The van der Waals surface area contributed by atoms with E-state index < -0.39 is 5.60 Å². The number of hydrogen-bond donors (Lipinski definition) is 4. The van der Waals surface area contributed by atoms with Gasteiger partial charge in [0.15, 0.2) is 0 Å². The quantitative estimate of drug-likeness (QED) is 0.116. The predicted octanol–water partition coefficient (Wildman–Crippen LogP) is 6.02. The van der Waals surface area contributed by atoms with Crippen LogP contribution < -0.4 is 26.2 Å². The summed E-state index contributed by atoms with van der Waals surface area (Å²) >= 11 is 14.2. The second kappa shape index (κ2) is 14.7. The van der Waals surface area contributed by atoms with Crippen molar-refractivity contribution in [2.45, 2.75) is 57.3 Å². The second-order valence-electron chi connectivity index (χ2n) is 13.6. The lowest BCUT2D eigenvalue weighted by Gasteiger charge is -2.23. The molecule has 1 aliphatic carbocycles. The molecule has 4 heterocycles. The molecule has 1 amide bonds. The van der Waals surface area contributed by atoms with Crippen molar-refractivity contribution >= 4 is 34.8 Å². The fraction of sp³-hybridized carbons (Fsp3) is 0.333. The molecule has 0 bridgehead atoms. The van der Waals surface area contributed by atoms with Crippen molar-refractivity contribution in [1.29, 1.82) is 0 Å². The van der Waals surface area contributed by atoms with Crippen molar-refractivity contribution < 1.29 is 14.6 Å². The minimum Gasteiger partial charge on any atom is -0.481 e. The molecule has 12 heteroatoms. The number of carbonyl (C=O) groups excluding carboxylic acids is 1. The summed E-state index contributed by atoms with van der Waals surface area (Å²) in [7, 11) is 1.59. The fourth-order valence-corrected chi connectivity index (χ4v) is 7.41. The Hall–Kier alpha value is -4.32. The van der Waals surface area contributed by atoms with Crippen LogP contribution in [-0.4, -0.2) is 57.2 Å². The number of ether oxygens (including phenoxy) is 1. The Bertz CT molecular complexity index is 2170. The summed E-state index contributed by atoms with van der Waals surface area (Å²) in [6.45, 7) is 3.79. The molecule has 0 spiro atoms. The van der Waals surface area contributed by atoms with Crippen LogP contribution in [0.5, 0.6) is 5.88 Å². The molecule has 2 unspecified atom stereocenters. The Morgan fingerprint density at radius 2 is 1.65 bits per heavy atom. The second-order valence-corrected chi connectivity index (χ2v) is 14.4. The first-order chi connectivity index (χ1) is 24.6. The highest BCUT2D eigenvalue weighted by Gasteiger charge is 2.39. The van der Waals surface area contributed by atoms with Gasteiger partial charge in [0, 0.05) is 84.4 Å². The monoisotopic (exact) mass is 726 g/mol. The molecule has 10 nitrogen and oxygen atoms in total. The summed E-state index contributed by atoms with van der Waals surface area (Å²) in [5.74, 6) is 0.902. The number of carbonyl (C=O) groups is 1. The van der Waals surface area contributed by atoms with E-state index in [1.54, 1.807) is 19.5 Å². The molecule has 51 heavy (non-hydrogen) atoms. The number of rotatable bonds is 13. The Balaban J connectivity index is 1.11. The van der Waals surface area contributed by atoms with Crippen molar-refractivity contribution in [3.05, 3.63) is 105 Å². The molecule has 2 atom stereocenters. The van der Waals surface area contributed by atoms with Gasteiger partial charge in [0.05, 0.1) is 28.5 Å². The maximum absolute atomic E-state index is 13.3. The zero-order chi connectivity index (χ0) is 35.7. The average Bonchev–Trinajstić information content (AvgIpc) is 3.92. The van der Waals surface area contributed by atoms with E-state index in [1.807, 2.05) is 67.6 Å². The number of fused-ring (bicyclic) bond motifs is 1. The summed E-state index contributed by atoms with van der Waals surface area (Å²) < 4.78 is 7.17. The van der Waals surface area contributed by atoms with Crippen LogP contribution >= 0.6 is 23.2 Å². The zero-order valence-corrected chi connectivity index (χ0v) is 30.0. The third-order valence-electron chi connectivity index (χ3n) is 9.83. The molecule has 4 N–H and O–H groups in total. The molecule has 1 saturated heterocycles. The molecule has 2 aromatic carbocycles. The smallest absolute Gasteiger partial charge is 0.262 e. The fourth-order valence-electron chi connectivity index (χ4n) is 6.74. The summed E-state index contributed by atoms with van der Waals surface area (Å²) in [6.07, 6.45) is 6.77. The Morgan fingerprint density at radius 3 is 2.35 bits per heavy atom. The van der Waals surface area contributed by atoms with E-state index in [1.165, 1.54) is 4.40 Å². The number of hydrogen-bond acceptors (Lipinski definition) is 8. The Kier molecular flexibility index (Phi) is 10.1. The van der Waals surface area contributed by atoms with Gasteiger partial charge in [0.1, 0.15) is 5.65 Å². The number of pyridine rings is 2. The molecule has 2 aliphatic rings. The molecular weight excluding hydrogens is 687 g/mol. The number of aromatic nitrogens is 3. The van der Waals surface area contributed by atoms with E-state index in [0.29, 0.717) is 71.3 Å². The van der Waals surface area contributed by atoms with Gasteiger partial charge in [-0.1, -0.05) is 65.7 Å². The van der Waals surface area contributed by atoms with Gasteiger partial charge in [-0.05, 0) is 55.9 Å². The molecule has 264 valence electrons. The van der Waals surface area contributed by atoms with E-state index in [9.17, 15) is 14.7 Å². The molecule has 1 aliphatic heterocycles. The molecule has 1 saturated carbocycles. The van der Waals surface area contributed by atoms with E-state index in [4.69, 9.17) is 32.9 Å². The first-order valence-electron chi connectivity index (χ1n) is 17.2. The van der Waals surface area contributed by atoms with Crippen LogP contribution in [0.3, 0.4) is 0 Å². The lowest BCUT2D eigenvalue weighted by Crippen LogP contribution is -2.40. The molecular formula is C39H40Cl2N6O4. The number of amides is 1. The van der Waals surface area contributed by atoms with Crippen molar-refractivity contribution in [2.24, 2.45) is 5.92 Å². The van der Waals surface area contributed by atoms with Gasteiger partial charge in [-0.3, -0.25) is 14.0 Å². The number of methoxy groups -OCH3 is 1. The standard InChI is InChI=1S/C39H40Cl2N6O4/c1-39(50,26-10-11-26)22-43-19-25-20-44-33-17-23(15-16-47(33)38(25)49)28-5-3-6-29(35(28)40)30-7-4-8-31(36(30)41)32-13-9-24(37(46-32)51-2)18-42-21-27-12-14-34(48)45-27/h3-9,13,15-17,20,26-27,42-43,50H,10-12,14,18-19,21-22H2,1-2H3,(H,45,48). The Morgan fingerprint density at radius 1 is 0.941 bits per heavy atom. The molecule has 2 fully saturated rings. The zero-order valence-electron chi connectivity index (χ0n) is 28.5. The number of halogens is 2. The first kappa shape index (κ1) is 35.1. The number of nitrogens with zero attached hydrogens (tertiary/aromatic N) is 3. The molecule has 3 aromatic heterocycles. The Labute approximate surface area is 306 Å². The van der Waals surface area contributed by atoms with Crippen molar-refractivity contribution in [2.75, 3.05) is 20.2 Å². The van der Waals surface area contributed by atoms with Crippen molar-refractivity contribution in [1.82, 2.24) is 30.3 Å². The van der Waals surface area contributed by atoms with Gasteiger partial charge in [-0.25, -0.2) is 9.97 Å². The lowest BCUT2D eigenvalue weighted by molar-refractivity contribution is -0.119. The van der Waals surface area contributed by atoms with Crippen LogP contribution in [0.25, 0.3) is 39.2 Å². The van der Waals surface area contributed by atoms with Crippen LogP contribution in [0.1, 0.15) is 43.7 Å². The highest BCUT2D eigenvalue weighted by atomic mass is 35.5. The van der Waals surface area contributed by atoms with Gasteiger partial charge in [0.2, 0.25) is 11.8 Å². The van der Waals surface area contributed by atoms with Gasteiger partial charge >= 0.3 is 0 Å². The summed E-state index contributed by atoms with van der Waals surface area (Å²) in [6, 6.07) is 19.3. The summed E-state index contributed by atoms with van der Waals surface area (Å²) in [5.41, 5.74) is 5.44. The predicted molar refractivity (Wildman–Crippen MR) is 200 cm³/mol. The normalized spacial score (nSPS) is 17.0. The van der Waals surface area contributed by atoms with Crippen molar-refractivity contribution in [3.8, 4) is 39.4 Å². The number of nitrogens with one attached hydrogen (secondary N) is 3. The lowest BCUT2D eigenvalue weighted by atomic mass is 9.97. The SMILES string of the molecule is COc1nc(-c2cccc(-c3cccc(-c4ccn5c(=O)c(CNCC(C)(O)C6CC6)cnc5c4)c3Cl)c2Cl)ccc1CNCC1CCC(=O)N1. The minimum atomic E-state index is -0.777. The minimum absolute atomic E-state index is 0.0936. The highest BCUT2D eigenvalue weighted by Crippen LogP contribution is 2.42. The third kappa shape index (κ3) is 7.52. The largest absolute Gasteiger partial charge is 0.481 e. The van der Waals surface area contributed by atoms with Gasteiger partial charge < -0.3 is 25.8 Å². The first-order valence-corrected chi connectivity index (χ1v) is 17.9. The number of benzene rings is 2. The molecule has 5 aromatic rings. The van der Waals surface area contributed by atoms with Crippen LogP contribution in [0.2, 0.25) is 10.0 Å². The topological polar surface area (TPSA) is 130 Å². The van der Waals surface area contributed by atoms with Crippen LogP contribution in [0.15, 0.2) is 77.9 Å². The van der Waals surface area contributed by atoms with Gasteiger partial charge in [-0.15, -0.1) is 0 Å². The summed E-state index contributed by atoms with van der Waals surface area (Å²) in [5, 5.41) is 21.2. The van der Waals surface area contributed by atoms with Crippen LogP contribution in [-0.2, 0) is 17.9 Å². The van der Waals surface area contributed by atoms with Gasteiger partial charge in [0.25, 0.3) is 5.56 Å². The van der Waals surface area contributed by atoms with E-state index in [2.05, 4.69) is 20.9 Å².